The fourth-order valence-corrected chi connectivity index (χ4v) is 2.60. The molecule has 0 radical (unpaired) electrons. The molecule has 3 aromatic rings. The van der Waals surface area contributed by atoms with Crippen LogP contribution in [-0.2, 0) is 7.05 Å². The molecule has 0 atom stereocenters. The molecule has 9 heteroatoms. The summed E-state index contributed by atoms with van der Waals surface area (Å²) < 4.78 is 43.3. The SMILES string of the molecule is Cc1nn(C)c(O)c1C(=O)c1ccc2nccc(OCC(F)(F)F)c2c1. The molecule has 2 aromatic heterocycles. The monoisotopic (exact) mass is 365 g/mol. The van der Waals surface area contributed by atoms with Crippen LogP contribution in [0.3, 0.4) is 0 Å². The van der Waals surface area contributed by atoms with E-state index >= 15 is 0 Å². The molecular weight excluding hydrogens is 351 g/mol. The van der Waals surface area contributed by atoms with Crippen molar-refractivity contribution in [2.75, 3.05) is 6.61 Å². The second kappa shape index (κ2) is 6.32. The second-order valence-electron chi connectivity index (χ2n) is 5.68. The zero-order valence-electron chi connectivity index (χ0n) is 13.8. The number of rotatable bonds is 4. The number of aromatic nitrogens is 3. The van der Waals surface area contributed by atoms with E-state index < -0.39 is 18.6 Å². The van der Waals surface area contributed by atoms with Gasteiger partial charge in [0.05, 0.1) is 11.2 Å². The average molecular weight is 365 g/mol. The van der Waals surface area contributed by atoms with Gasteiger partial charge < -0.3 is 9.84 Å². The first-order valence-electron chi connectivity index (χ1n) is 7.53. The van der Waals surface area contributed by atoms with Gasteiger partial charge in [0.2, 0.25) is 5.88 Å². The van der Waals surface area contributed by atoms with E-state index in [9.17, 15) is 23.1 Å². The lowest BCUT2D eigenvalue weighted by Crippen LogP contribution is -2.19. The molecule has 2 heterocycles. The van der Waals surface area contributed by atoms with E-state index in [1.54, 1.807) is 6.92 Å². The van der Waals surface area contributed by atoms with E-state index in [1.165, 1.54) is 42.2 Å². The maximum absolute atomic E-state index is 12.7. The predicted octanol–water partition coefficient (Wildman–Crippen LogP) is 3.15. The van der Waals surface area contributed by atoms with Crippen LogP contribution in [0.1, 0.15) is 21.6 Å². The van der Waals surface area contributed by atoms with Crippen LogP contribution in [0, 0.1) is 6.92 Å². The molecule has 0 aliphatic heterocycles. The quantitative estimate of drug-likeness (QED) is 0.719. The fourth-order valence-electron chi connectivity index (χ4n) is 2.60. The van der Waals surface area contributed by atoms with Gasteiger partial charge in [-0.2, -0.15) is 18.3 Å². The molecule has 0 amide bonds. The van der Waals surface area contributed by atoms with Crippen molar-refractivity contribution < 1.29 is 27.8 Å². The third-order valence-corrected chi connectivity index (χ3v) is 3.77. The molecule has 1 aromatic carbocycles. The number of fused-ring (bicyclic) bond motifs is 1. The minimum atomic E-state index is -4.48. The van der Waals surface area contributed by atoms with Crippen LogP contribution in [-0.4, -0.2) is 38.4 Å². The highest BCUT2D eigenvalue weighted by atomic mass is 19.4. The van der Waals surface area contributed by atoms with Gasteiger partial charge in [0.1, 0.15) is 11.3 Å². The number of hydrogen-bond donors (Lipinski definition) is 1. The number of nitrogens with zero attached hydrogens (tertiary/aromatic N) is 3. The minimum Gasteiger partial charge on any atom is -0.493 e. The van der Waals surface area contributed by atoms with Crippen LogP contribution >= 0.6 is 0 Å². The number of alkyl halides is 3. The lowest BCUT2D eigenvalue weighted by Gasteiger charge is -2.11. The van der Waals surface area contributed by atoms with Gasteiger partial charge in [0.15, 0.2) is 12.4 Å². The number of halogens is 3. The molecular formula is C17H14F3N3O3. The molecule has 136 valence electrons. The summed E-state index contributed by atoms with van der Waals surface area (Å²) in [4.78, 5) is 16.8. The molecule has 1 N–H and O–H groups in total. The van der Waals surface area contributed by atoms with Crippen molar-refractivity contribution in [3.63, 3.8) is 0 Å². The van der Waals surface area contributed by atoms with Crippen molar-refractivity contribution in [2.24, 2.45) is 7.05 Å². The molecule has 3 rings (SSSR count). The predicted molar refractivity (Wildman–Crippen MR) is 86.3 cm³/mol. The number of aromatic hydroxyl groups is 1. The first-order valence-corrected chi connectivity index (χ1v) is 7.53. The second-order valence-corrected chi connectivity index (χ2v) is 5.68. The van der Waals surface area contributed by atoms with Crippen LogP contribution in [0.25, 0.3) is 10.9 Å². The van der Waals surface area contributed by atoms with Gasteiger partial charge in [-0.05, 0) is 31.2 Å². The maximum atomic E-state index is 12.7. The molecule has 0 bridgehead atoms. The molecule has 26 heavy (non-hydrogen) atoms. The van der Waals surface area contributed by atoms with Crippen LogP contribution in [0.5, 0.6) is 11.6 Å². The average Bonchev–Trinajstić information content (AvgIpc) is 2.83. The first-order chi connectivity index (χ1) is 12.2. The van der Waals surface area contributed by atoms with Crippen molar-refractivity contribution in [3.05, 3.63) is 47.3 Å². The molecule has 0 fully saturated rings. The van der Waals surface area contributed by atoms with Gasteiger partial charge >= 0.3 is 6.18 Å². The molecule has 0 aliphatic carbocycles. The summed E-state index contributed by atoms with van der Waals surface area (Å²) in [5.74, 6) is -0.818. The van der Waals surface area contributed by atoms with Crippen molar-refractivity contribution in [1.82, 2.24) is 14.8 Å². The Morgan fingerprint density at radius 2 is 2.04 bits per heavy atom. The van der Waals surface area contributed by atoms with Crippen molar-refractivity contribution in [2.45, 2.75) is 13.1 Å². The number of pyridine rings is 1. The largest absolute Gasteiger partial charge is 0.493 e. The molecule has 0 saturated heterocycles. The number of ketones is 1. The molecule has 0 saturated carbocycles. The van der Waals surface area contributed by atoms with E-state index in [-0.39, 0.29) is 28.1 Å². The van der Waals surface area contributed by atoms with Crippen molar-refractivity contribution in [1.29, 1.82) is 0 Å². The Bertz CT molecular complexity index is 996. The van der Waals surface area contributed by atoms with Crippen LogP contribution in [0.15, 0.2) is 30.5 Å². The van der Waals surface area contributed by atoms with Crippen LogP contribution in [0.2, 0.25) is 0 Å². The highest BCUT2D eigenvalue weighted by Crippen LogP contribution is 2.29. The van der Waals surface area contributed by atoms with Crippen molar-refractivity contribution in [3.8, 4) is 11.6 Å². The Morgan fingerprint density at radius 3 is 2.65 bits per heavy atom. The molecule has 0 unspecified atom stereocenters. The van der Waals surface area contributed by atoms with Gasteiger partial charge in [-0.25, -0.2) is 4.68 Å². The van der Waals surface area contributed by atoms with E-state index in [0.29, 0.717) is 11.2 Å². The van der Waals surface area contributed by atoms with Crippen molar-refractivity contribution >= 4 is 16.7 Å². The Hall–Kier alpha value is -3.10. The number of benzene rings is 1. The molecule has 0 spiro atoms. The highest BCUT2D eigenvalue weighted by Gasteiger charge is 2.29. The maximum Gasteiger partial charge on any atom is 0.422 e. The summed E-state index contributed by atoms with van der Waals surface area (Å²) in [5, 5.41) is 14.3. The topological polar surface area (TPSA) is 77.2 Å². The lowest BCUT2D eigenvalue weighted by molar-refractivity contribution is -0.153. The van der Waals surface area contributed by atoms with E-state index in [2.05, 4.69) is 10.1 Å². The first kappa shape index (κ1) is 17.7. The van der Waals surface area contributed by atoms with Gasteiger partial charge in [-0.1, -0.05) is 0 Å². The lowest BCUT2D eigenvalue weighted by atomic mass is 10.0. The Morgan fingerprint density at radius 1 is 1.31 bits per heavy atom. The number of carbonyl (C=O) groups excluding carboxylic acids is 1. The Kier molecular flexibility index (Phi) is 4.31. The Labute approximate surface area is 145 Å². The summed E-state index contributed by atoms with van der Waals surface area (Å²) >= 11 is 0. The normalized spacial score (nSPS) is 11.7. The van der Waals surface area contributed by atoms with E-state index in [0.717, 1.165) is 0 Å². The zero-order valence-corrected chi connectivity index (χ0v) is 13.8. The standard InChI is InChI=1S/C17H14F3N3O3/c1-9-14(16(25)23(2)22-9)15(24)10-3-4-12-11(7-10)13(5-6-21-12)26-8-17(18,19)20/h3-7,25H,8H2,1-2H3. The Balaban J connectivity index is 2.04. The summed E-state index contributed by atoms with van der Waals surface area (Å²) in [6.45, 7) is 0.125. The smallest absolute Gasteiger partial charge is 0.422 e. The third kappa shape index (κ3) is 3.32. The zero-order chi connectivity index (χ0) is 19.1. The van der Waals surface area contributed by atoms with E-state index in [1.807, 2.05) is 0 Å². The molecule has 0 aliphatic rings. The molecule has 6 nitrogen and oxygen atoms in total. The number of hydrogen-bond acceptors (Lipinski definition) is 5. The fraction of sp³-hybridized carbons (Fsp3) is 0.235. The number of ether oxygens (including phenoxy) is 1. The van der Waals surface area contributed by atoms with E-state index in [4.69, 9.17) is 4.74 Å². The summed E-state index contributed by atoms with van der Waals surface area (Å²) in [6, 6.07) is 5.68. The van der Waals surface area contributed by atoms with Gasteiger partial charge in [-0.3, -0.25) is 9.78 Å². The highest BCUT2D eigenvalue weighted by molar-refractivity contribution is 6.12. The van der Waals surface area contributed by atoms with Crippen LogP contribution < -0.4 is 4.74 Å². The summed E-state index contributed by atoms with van der Waals surface area (Å²) in [5.41, 5.74) is 0.936. The van der Waals surface area contributed by atoms with Gasteiger partial charge in [0, 0.05) is 24.2 Å². The summed E-state index contributed by atoms with van der Waals surface area (Å²) in [6.07, 6.45) is -3.16. The summed E-state index contributed by atoms with van der Waals surface area (Å²) in [7, 11) is 1.49. The minimum absolute atomic E-state index is 0.0332. The number of aryl methyl sites for hydroxylation is 2. The van der Waals surface area contributed by atoms with Gasteiger partial charge in [-0.15, -0.1) is 0 Å². The third-order valence-electron chi connectivity index (χ3n) is 3.77. The van der Waals surface area contributed by atoms with Gasteiger partial charge in [0.25, 0.3) is 0 Å². The van der Waals surface area contributed by atoms with Crippen LogP contribution in [0.4, 0.5) is 13.2 Å². The number of carbonyl (C=O) groups is 1.